The fourth-order valence-electron chi connectivity index (χ4n) is 1.73. The van der Waals surface area contributed by atoms with Gasteiger partial charge in [0.25, 0.3) is 0 Å². The highest BCUT2D eigenvalue weighted by atomic mass is 35.5. The van der Waals surface area contributed by atoms with E-state index in [9.17, 15) is 18.0 Å². The second kappa shape index (κ2) is 5.85. The lowest BCUT2D eigenvalue weighted by Gasteiger charge is -2.10. The average molecular weight is 320 g/mol. The van der Waals surface area contributed by atoms with Gasteiger partial charge in [-0.1, -0.05) is 30.3 Å². The van der Waals surface area contributed by atoms with Gasteiger partial charge in [0, 0.05) is 10.9 Å². The molecule has 1 heterocycles. The molecule has 0 atom stereocenters. The maximum absolute atomic E-state index is 13.0. The van der Waals surface area contributed by atoms with Crippen LogP contribution in [0.25, 0.3) is 11.1 Å². The number of halogens is 4. The van der Waals surface area contributed by atoms with Gasteiger partial charge in [0.1, 0.15) is 10.8 Å². The van der Waals surface area contributed by atoms with Gasteiger partial charge in [0.2, 0.25) is 5.91 Å². The van der Waals surface area contributed by atoms with Crippen LogP contribution in [0.3, 0.4) is 0 Å². The van der Waals surface area contributed by atoms with Gasteiger partial charge in [-0.05, 0) is 5.56 Å². The van der Waals surface area contributed by atoms with Crippen molar-refractivity contribution >= 4 is 34.5 Å². The van der Waals surface area contributed by atoms with Gasteiger partial charge in [-0.15, -0.1) is 22.9 Å². The molecule has 0 aliphatic rings. The van der Waals surface area contributed by atoms with Gasteiger partial charge in [-0.2, -0.15) is 13.2 Å². The second-order valence-corrected chi connectivity index (χ2v) is 5.05. The highest BCUT2D eigenvalue weighted by molar-refractivity contribution is 7.11. The Kier molecular flexibility index (Phi) is 4.35. The topological polar surface area (TPSA) is 29.1 Å². The van der Waals surface area contributed by atoms with Crippen LogP contribution in [-0.4, -0.2) is 11.8 Å². The lowest BCUT2D eigenvalue weighted by Crippen LogP contribution is -2.13. The molecule has 1 N–H and O–H groups in total. The van der Waals surface area contributed by atoms with Crippen LogP contribution in [0.5, 0.6) is 0 Å². The van der Waals surface area contributed by atoms with Gasteiger partial charge >= 0.3 is 6.18 Å². The minimum atomic E-state index is -4.47. The Morgan fingerprint density at radius 3 is 2.45 bits per heavy atom. The first-order chi connectivity index (χ1) is 9.43. The fourth-order valence-corrected chi connectivity index (χ4v) is 2.69. The summed E-state index contributed by atoms with van der Waals surface area (Å²) in [4.78, 5) is 10.6. The van der Waals surface area contributed by atoms with Crippen LogP contribution in [-0.2, 0) is 11.0 Å². The maximum Gasteiger partial charge on any atom is 0.426 e. The van der Waals surface area contributed by atoms with Crippen LogP contribution in [0, 0.1) is 0 Å². The zero-order valence-electron chi connectivity index (χ0n) is 10.00. The third kappa shape index (κ3) is 3.13. The molecule has 0 aliphatic carbocycles. The summed E-state index contributed by atoms with van der Waals surface area (Å²) in [5.74, 6) is -0.860. The Bertz CT molecular complexity index is 610. The normalized spacial score (nSPS) is 11.4. The van der Waals surface area contributed by atoms with Gasteiger partial charge in [-0.25, -0.2) is 0 Å². The number of anilines is 1. The van der Waals surface area contributed by atoms with Crippen LogP contribution >= 0.6 is 22.9 Å². The van der Waals surface area contributed by atoms with Crippen LogP contribution in [0.2, 0.25) is 0 Å². The van der Waals surface area contributed by atoms with Gasteiger partial charge < -0.3 is 5.32 Å². The van der Waals surface area contributed by atoms with E-state index in [0.29, 0.717) is 16.9 Å². The fraction of sp³-hybridized carbons (Fsp3) is 0.154. The summed E-state index contributed by atoms with van der Waals surface area (Å²) in [6, 6.07) is 8.11. The lowest BCUT2D eigenvalue weighted by atomic mass is 10.0. The molecular weight excluding hydrogens is 311 g/mol. The molecule has 0 radical (unpaired) electrons. The monoisotopic (exact) mass is 319 g/mol. The van der Waals surface area contributed by atoms with Gasteiger partial charge in [0.05, 0.1) is 5.69 Å². The van der Waals surface area contributed by atoms with E-state index in [-0.39, 0.29) is 17.1 Å². The summed E-state index contributed by atoms with van der Waals surface area (Å²) >= 11 is 5.91. The molecule has 0 unspecified atom stereocenters. The summed E-state index contributed by atoms with van der Waals surface area (Å²) in [6.45, 7) is 0. The second-order valence-electron chi connectivity index (χ2n) is 3.90. The van der Waals surface area contributed by atoms with E-state index in [2.05, 4.69) is 5.32 Å². The Balaban J connectivity index is 2.55. The molecule has 1 aromatic carbocycles. The van der Waals surface area contributed by atoms with Crippen molar-refractivity contribution in [3.8, 4) is 11.1 Å². The zero-order valence-corrected chi connectivity index (χ0v) is 11.6. The summed E-state index contributed by atoms with van der Waals surface area (Å²) < 4.78 is 39.1. The largest absolute Gasteiger partial charge is 0.426 e. The third-order valence-electron chi connectivity index (χ3n) is 2.51. The number of rotatable bonds is 3. The highest BCUT2D eigenvalue weighted by Crippen LogP contribution is 2.45. The third-order valence-corrected chi connectivity index (χ3v) is 3.77. The molecule has 0 saturated carbocycles. The van der Waals surface area contributed by atoms with Crippen LogP contribution in [0.15, 0.2) is 35.7 Å². The molecule has 20 heavy (non-hydrogen) atoms. The minimum Gasteiger partial charge on any atom is -0.324 e. The van der Waals surface area contributed by atoms with Crippen LogP contribution < -0.4 is 5.32 Å². The first-order valence-electron chi connectivity index (χ1n) is 5.53. The van der Waals surface area contributed by atoms with Crippen molar-refractivity contribution in [3.05, 3.63) is 40.6 Å². The molecule has 2 aromatic rings. The zero-order chi connectivity index (χ0) is 14.8. The Hall–Kier alpha value is -1.53. The summed E-state index contributed by atoms with van der Waals surface area (Å²) in [5, 5.41) is 3.66. The van der Waals surface area contributed by atoms with Crippen molar-refractivity contribution in [2.75, 3.05) is 11.2 Å². The SMILES string of the molecule is O=C(CCl)Nc1csc(C(F)(F)F)c1-c1ccccc1. The van der Waals surface area contributed by atoms with E-state index in [0.717, 1.165) is 0 Å². The average Bonchev–Trinajstić information content (AvgIpc) is 2.83. The smallest absolute Gasteiger partial charge is 0.324 e. The standard InChI is InChI=1S/C13H9ClF3NOS/c14-6-10(19)18-9-7-20-12(13(15,16)17)11(9)8-4-2-1-3-5-8/h1-5,7H,6H2,(H,18,19). The molecule has 7 heteroatoms. The molecule has 0 saturated heterocycles. The van der Waals surface area contributed by atoms with Gasteiger partial charge in [-0.3, -0.25) is 4.79 Å². The Labute approximate surface area is 122 Å². The molecule has 0 aliphatic heterocycles. The number of amides is 1. The molecule has 2 nitrogen and oxygen atoms in total. The molecule has 0 fully saturated rings. The van der Waals surface area contributed by atoms with Crippen molar-refractivity contribution in [1.82, 2.24) is 0 Å². The summed E-state index contributed by atoms with van der Waals surface area (Å²) in [5.41, 5.74) is 0.492. The number of alkyl halides is 4. The van der Waals surface area contributed by atoms with E-state index in [1.807, 2.05) is 0 Å². The number of carbonyl (C=O) groups is 1. The molecule has 2 rings (SSSR count). The molecule has 0 bridgehead atoms. The molecule has 1 aromatic heterocycles. The number of hydrogen-bond acceptors (Lipinski definition) is 2. The minimum absolute atomic E-state index is 0.0263. The number of hydrogen-bond donors (Lipinski definition) is 1. The van der Waals surface area contributed by atoms with Crippen LogP contribution in [0.4, 0.5) is 18.9 Å². The van der Waals surface area contributed by atoms with Crippen molar-refractivity contribution in [2.45, 2.75) is 6.18 Å². The quantitative estimate of drug-likeness (QED) is 0.822. The molecule has 0 spiro atoms. The Morgan fingerprint density at radius 1 is 1.25 bits per heavy atom. The molecule has 106 valence electrons. The number of benzene rings is 1. The van der Waals surface area contributed by atoms with Crippen molar-refractivity contribution < 1.29 is 18.0 Å². The summed E-state index contributed by atoms with van der Waals surface area (Å²) in [7, 11) is 0. The first-order valence-corrected chi connectivity index (χ1v) is 6.95. The van der Waals surface area contributed by atoms with E-state index in [1.165, 1.54) is 5.38 Å². The van der Waals surface area contributed by atoms with E-state index < -0.39 is 17.0 Å². The van der Waals surface area contributed by atoms with Crippen molar-refractivity contribution in [1.29, 1.82) is 0 Å². The van der Waals surface area contributed by atoms with Crippen LogP contribution in [0.1, 0.15) is 4.88 Å². The lowest BCUT2D eigenvalue weighted by molar-refractivity contribution is -0.133. The van der Waals surface area contributed by atoms with Gasteiger partial charge in [0.15, 0.2) is 0 Å². The Morgan fingerprint density at radius 2 is 1.90 bits per heavy atom. The number of thiophene rings is 1. The molecular formula is C13H9ClF3NOS. The van der Waals surface area contributed by atoms with Crippen molar-refractivity contribution in [3.63, 3.8) is 0 Å². The highest BCUT2D eigenvalue weighted by Gasteiger charge is 2.37. The first kappa shape index (κ1) is 14.9. The van der Waals surface area contributed by atoms with E-state index in [1.54, 1.807) is 30.3 Å². The number of nitrogens with one attached hydrogen (secondary N) is 1. The maximum atomic E-state index is 13.0. The predicted octanol–water partition coefficient (Wildman–Crippen LogP) is 4.61. The van der Waals surface area contributed by atoms with E-state index >= 15 is 0 Å². The van der Waals surface area contributed by atoms with Crippen molar-refractivity contribution in [2.24, 2.45) is 0 Å². The van der Waals surface area contributed by atoms with E-state index in [4.69, 9.17) is 11.6 Å². The summed E-state index contributed by atoms with van der Waals surface area (Å²) in [6.07, 6.45) is -4.47. The number of carbonyl (C=O) groups excluding carboxylic acids is 1. The predicted molar refractivity (Wildman–Crippen MR) is 74.1 cm³/mol. The molecule has 1 amide bonds.